The first kappa shape index (κ1) is 20.4. The number of nitrogens with zero attached hydrogens (tertiary/aromatic N) is 1. The second kappa shape index (κ2) is 9.30. The summed E-state index contributed by atoms with van der Waals surface area (Å²) in [7, 11) is 1.64. The minimum absolute atomic E-state index is 0.127. The molecule has 0 saturated carbocycles. The summed E-state index contributed by atoms with van der Waals surface area (Å²) >= 11 is 0. The van der Waals surface area contributed by atoms with E-state index in [0.717, 1.165) is 28.6 Å². The van der Waals surface area contributed by atoms with Crippen LogP contribution in [0.5, 0.6) is 17.2 Å². The fourth-order valence-electron chi connectivity index (χ4n) is 3.46. The Morgan fingerprint density at radius 3 is 2.61 bits per heavy atom. The third kappa shape index (κ3) is 4.83. The predicted molar refractivity (Wildman–Crippen MR) is 122 cm³/mol. The first-order valence-corrected chi connectivity index (χ1v) is 10.2. The number of amides is 1. The van der Waals surface area contributed by atoms with Crippen molar-refractivity contribution in [2.45, 2.75) is 13.3 Å². The monoisotopic (exact) mass is 412 g/mol. The summed E-state index contributed by atoms with van der Waals surface area (Å²) in [5, 5.41) is 3.82. The molecule has 0 radical (unpaired) electrons. The number of hydrogen-bond donors (Lipinski definition) is 1. The van der Waals surface area contributed by atoms with Gasteiger partial charge in [-0.3, -0.25) is 9.78 Å². The number of benzene rings is 3. The molecule has 0 saturated heterocycles. The zero-order valence-electron chi connectivity index (χ0n) is 17.6. The number of aryl methyl sites for hydroxylation is 1. The van der Waals surface area contributed by atoms with Crippen molar-refractivity contribution in [2.75, 3.05) is 13.7 Å². The minimum atomic E-state index is -0.127. The molecule has 5 nitrogen and oxygen atoms in total. The van der Waals surface area contributed by atoms with Crippen molar-refractivity contribution in [2.24, 2.45) is 0 Å². The van der Waals surface area contributed by atoms with Crippen LogP contribution in [0.15, 0.2) is 79.0 Å². The summed E-state index contributed by atoms with van der Waals surface area (Å²) in [5.41, 5.74) is 3.58. The highest BCUT2D eigenvalue weighted by molar-refractivity contribution is 5.94. The number of fused-ring (bicyclic) bond motifs is 1. The van der Waals surface area contributed by atoms with Crippen LogP contribution in [-0.2, 0) is 6.42 Å². The van der Waals surface area contributed by atoms with Crippen molar-refractivity contribution >= 4 is 16.8 Å². The van der Waals surface area contributed by atoms with Gasteiger partial charge in [-0.1, -0.05) is 36.4 Å². The first-order valence-electron chi connectivity index (χ1n) is 10.2. The van der Waals surface area contributed by atoms with Gasteiger partial charge in [0.25, 0.3) is 5.91 Å². The summed E-state index contributed by atoms with van der Waals surface area (Å²) in [6, 6.07) is 23.0. The summed E-state index contributed by atoms with van der Waals surface area (Å²) < 4.78 is 11.6. The molecule has 5 heteroatoms. The van der Waals surface area contributed by atoms with Gasteiger partial charge < -0.3 is 14.8 Å². The Kier molecular flexibility index (Phi) is 6.13. The van der Waals surface area contributed by atoms with Crippen LogP contribution in [0.1, 0.15) is 21.5 Å². The molecular weight excluding hydrogens is 388 g/mol. The van der Waals surface area contributed by atoms with Crippen LogP contribution >= 0.6 is 0 Å². The number of methoxy groups -OCH3 is 1. The number of carbonyl (C=O) groups is 1. The third-order valence-corrected chi connectivity index (χ3v) is 5.08. The largest absolute Gasteiger partial charge is 0.496 e. The summed E-state index contributed by atoms with van der Waals surface area (Å²) in [4.78, 5) is 17.0. The lowest BCUT2D eigenvalue weighted by Crippen LogP contribution is -2.25. The molecule has 0 unspecified atom stereocenters. The summed E-state index contributed by atoms with van der Waals surface area (Å²) in [5.74, 6) is 1.89. The van der Waals surface area contributed by atoms with Crippen LogP contribution in [0.4, 0.5) is 0 Å². The van der Waals surface area contributed by atoms with Crippen molar-refractivity contribution in [1.29, 1.82) is 0 Å². The number of aromatic nitrogens is 1. The molecule has 1 aromatic heterocycles. The lowest BCUT2D eigenvalue weighted by Gasteiger charge is -2.12. The molecule has 0 aliphatic heterocycles. The highest BCUT2D eigenvalue weighted by Crippen LogP contribution is 2.33. The Balaban J connectivity index is 1.49. The van der Waals surface area contributed by atoms with E-state index in [2.05, 4.69) is 22.4 Å². The predicted octanol–water partition coefficient (Wildman–Crippen LogP) is 5.32. The number of ether oxygens (including phenoxy) is 2. The van der Waals surface area contributed by atoms with E-state index < -0.39 is 0 Å². The molecule has 0 aliphatic carbocycles. The Morgan fingerprint density at radius 1 is 0.968 bits per heavy atom. The number of hydrogen-bond acceptors (Lipinski definition) is 4. The van der Waals surface area contributed by atoms with Gasteiger partial charge in [-0.05, 0) is 60.9 Å². The lowest BCUT2D eigenvalue weighted by atomic mass is 10.1. The normalized spacial score (nSPS) is 10.6. The van der Waals surface area contributed by atoms with Crippen molar-refractivity contribution in [3.63, 3.8) is 0 Å². The standard InChI is InChI=1S/C26H24N2O3/c1-18-15-23-22(17-25(18)30-2)24(12-14-27-23)31-21-10-6-9-20(16-21)26(29)28-13-11-19-7-4-3-5-8-19/h3-10,12,14-17H,11,13H2,1-2H3,(H,28,29). The van der Waals surface area contributed by atoms with Gasteiger partial charge in [-0.25, -0.2) is 0 Å². The third-order valence-electron chi connectivity index (χ3n) is 5.08. The maximum Gasteiger partial charge on any atom is 0.251 e. The van der Waals surface area contributed by atoms with Crippen LogP contribution in [0, 0.1) is 6.92 Å². The highest BCUT2D eigenvalue weighted by atomic mass is 16.5. The van der Waals surface area contributed by atoms with E-state index >= 15 is 0 Å². The molecule has 0 fully saturated rings. The van der Waals surface area contributed by atoms with Crippen LogP contribution in [0.25, 0.3) is 10.9 Å². The van der Waals surface area contributed by atoms with Gasteiger partial charge in [0.15, 0.2) is 0 Å². The summed E-state index contributed by atoms with van der Waals surface area (Å²) in [6.45, 7) is 2.55. The molecule has 4 rings (SSSR count). The maximum atomic E-state index is 12.6. The Bertz CT molecular complexity index is 1210. The molecule has 1 amide bonds. The molecule has 1 heterocycles. The second-order valence-electron chi connectivity index (χ2n) is 7.27. The van der Waals surface area contributed by atoms with E-state index in [4.69, 9.17) is 9.47 Å². The van der Waals surface area contributed by atoms with Crippen molar-refractivity contribution in [3.05, 3.63) is 95.7 Å². The quantitative estimate of drug-likeness (QED) is 0.446. The van der Waals surface area contributed by atoms with Crippen LogP contribution < -0.4 is 14.8 Å². The van der Waals surface area contributed by atoms with Crippen molar-refractivity contribution in [3.8, 4) is 17.2 Å². The number of nitrogens with one attached hydrogen (secondary N) is 1. The van der Waals surface area contributed by atoms with Gasteiger partial charge in [0.2, 0.25) is 0 Å². The topological polar surface area (TPSA) is 60.5 Å². The SMILES string of the molecule is COc1cc2c(Oc3cccc(C(=O)NCCc4ccccc4)c3)ccnc2cc1C. The molecule has 3 aromatic carbocycles. The molecule has 156 valence electrons. The molecule has 31 heavy (non-hydrogen) atoms. The van der Waals surface area contributed by atoms with E-state index in [1.807, 2.05) is 55.5 Å². The van der Waals surface area contributed by atoms with Crippen molar-refractivity contribution < 1.29 is 14.3 Å². The molecule has 0 bridgehead atoms. The fraction of sp³-hybridized carbons (Fsp3) is 0.154. The maximum absolute atomic E-state index is 12.6. The van der Waals surface area contributed by atoms with Gasteiger partial charge in [0.05, 0.1) is 12.6 Å². The molecule has 0 aliphatic rings. The van der Waals surface area contributed by atoms with Gasteiger partial charge >= 0.3 is 0 Å². The lowest BCUT2D eigenvalue weighted by molar-refractivity contribution is 0.0954. The first-order chi connectivity index (χ1) is 15.1. The van der Waals surface area contributed by atoms with Gasteiger partial charge in [-0.2, -0.15) is 0 Å². The second-order valence-corrected chi connectivity index (χ2v) is 7.27. The van der Waals surface area contributed by atoms with E-state index in [1.165, 1.54) is 5.56 Å². The number of pyridine rings is 1. The number of rotatable bonds is 7. The average molecular weight is 412 g/mol. The highest BCUT2D eigenvalue weighted by Gasteiger charge is 2.11. The summed E-state index contributed by atoms with van der Waals surface area (Å²) in [6.07, 6.45) is 2.50. The molecule has 0 spiro atoms. The average Bonchev–Trinajstić information content (AvgIpc) is 2.79. The fourth-order valence-corrected chi connectivity index (χ4v) is 3.46. The molecule has 1 N–H and O–H groups in total. The van der Waals surface area contributed by atoms with Gasteiger partial charge in [-0.15, -0.1) is 0 Å². The van der Waals surface area contributed by atoms with Crippen LogP contribution in [0.2, 0.25) is 0 Å². The smallest absolute Gasteiger partial charge is 0.251 e. The zero-order valence-corrected chi connectivity index (χ0v) is 17.6. The number of carbonyl (C=O) groups excluding carboxylic acids is 1. The molecule has 0 atom stereocenters. The van der Waals surface area contributed by atoms with E-state index in [0.29, 0.717) is 23.6 Å². The van der Waals surface area contributed by atoms with Crippen LogP contribution in [-0.4, -0.2) is 24.5 Å². The zero-order chi connectivity index (χ0) is 21.6. The van der Waals surface area contributed by atoms with E-state index in [-0.39, 0.29) is 5.91 Å². The molecule has 4 aromatic rings. The Hall–Kier alpha value is -3.86. The Labute approximate surface area is 181 Å². The Morgan fingerprint density at radius 2 is 1.81 bits per heavy atom. The van der Waals surface area contributed by atoms with Crippen molar-refractivity contribution in [1.82, 2.24) is 10.3 Å². The van der Waals surface area contributed by atoms with Crippen LogP contribution in [0.3, 0.4) is 0 Å². The van der Waals surface area contributed by atoms with Gasteiger partial charge in [0.1, 0.15) is 17.2 Å². The van der Waals surface area contributed by atoms with Gasteiger partial charge in [0, 0.05) is 23.7 Å². The van der Waals surface area contributed by atoms with E-state index in [9.17, 15) is 4.79 Å². The van der Waals surface area contributed by atoms with E-state index in [1.54, 1.807) is 25.4 Å². The minimum Gasteiger partial charge on any atom is -0.496 e. The molecular formula is C26H24N2O3.